The highest BCUT2D eigenvalue weighted by Gasteiger charge is 2.53. The second kappa shape index (κ2) is 5.52. The van der Waals surface area contributed by atoms with Crippen LogP contribution in [0.1, 0.15) is 32.1 Å². The predicted octanol–water partition coefficient (Wildman–Crippen LogP) is 2.39. The smallest absolute Gasteiger partial charge is 0.310 e. The van der Waals surface area contributed by atoms with Gasteiger partial charge in [0.2, 0.25) is 0 Å². The molecule has 4 nitrogen and oxygen atoms in total. The molecule has 2 atom stereocenters. The number of halogens is 1. The Morgan fingerprint density at radius 1 is 1.38 bits per heavy atom. The van der Waals surface area contributed by atoms with E-state index in [1.807, 2.05) is 0 Å². The molecule has 1 fully saturated rings. The summed E-state index contributed by atoms with van der Waals surface area (Å²) in [7, 11) is 1.80. The molecule has 1 spiro atoms. The molecule has 1 unspecified atom stereocenters. The third-order valence-corrected chi connectivity index (χ3v) is 5.54. The van der Waals surface area contributed by atoms with Gasteiger partial charge in [-0.15, -0.1) is 17.0 Å². The number of hydrogen-bond donors (Lipinski definition) is 0. The maximum Gasteiger partial charge on any atom is 0.310 e. The van der Waals surface area contributed by atoms with Gasteiger partial charge < -0.3 is 9.47 Å². The molecule has 4 rings (SSSR count). The molecular weight excluding hydrogens is 334 g/mol. The van der Waals surface area contributed by atoms with E-state index in [1.54, 1.807) is 7.11 Å². The molecule has 21 heavy (non-hydrogen) atoms. The molecule has 116 valence electrons. The highest BCUT2D eigenvalue weighted by Crippen LogP contribution is 2.52. The summed E-state index contributed by atoms with van der Waals surface area (Å²) in [5.41, 5.74) is 4.20. The van der Waals surface area contributed by atoms with Crippen LogP contribution in [0.3, 0.4) is 0 Å². The van der Waals surface area contributed by atoms with Crippen LogP contribution in [0.2, 0.25) is 0 Å². The number of esters is 1. The average Bonchev–Trinajstić information content (AvgIpc) is 2.86. The molecule has 0 saturated carbocycles. The standard InChI is InChI=1S/C16H21NO3.BrH/c1-19-13-3-2-12-5-7-17-6-4-11-10-20-15(18)8-14(11)16(12,17)9-13;/h2,13H,3-10H2,1H3;1H/t13?,16-;/m0./s1. The van der Waals surface area contributed by atoms with E-state index in [1.165, 1.54) is 16.7 Å². The van der Waals surface area contributed by atoms with E-state index in [2.05, 4.69) is 11.0 Å². The quantitative estimate of drug-likeness (QED) is 0.534. The van der Waals surface area contributed by atoms with Crippen LogP contribution in [0.5, 0.6) is 0 Å². The fraction of sp³-hybridized carbons (Fsp3) is 0.688. The molecule has 3 aliphatic heterocycles. The Morgan fingerprint density at radius 2 is 2.19 bits per heavy atom. The second-order valence-corrected chi connectivity index (χ2v) is 6.29. The topological polar surface area (TPSA) is 38.8 Å². The highest BCUT2D eigenvalue weighted by molar-refractivity contribution is 8.93. The van der Waals surface area contributed by atoms with Gasteiger partial charge in [-0.1, -0.05) is 6.08 Å². The van der Waals surface area contributed by atoms with Crippen molar-refractivity contribution >= 4 is 23.0 Å². The van der Waals surface area contributed by atoms with E-state index in [0.717, 1.165) is 38.8 Å². The van der Waals surface area contributed by atoms with Gasteiger partial charge >= 0.3 is 5.97 Å². The van der Waals surface area contributed by atoms with Crippen molar-refractivity contribution in [3.8, 4) is 0 Å². The summed E-state index contributed by atoms with van der Waals surface area (Å²) in [4.78, 5) is 14.4. The minimum absolute atomic E-state index is 0. The molecule has 0 radical (unpaired) electrons. The number of carbonyl (C=O) groups excluding carboxylic acids is 1. The van der Waals surface area contributed by atoms with E-state index in [0.29, 0.717) is 13.0 Å². The Balaban J connectivity index is 0.00000132. The lowest BCUT2D eigenvalue weighted by Crippen LogP contribution is -2.54. The Morgan fingerprint density at radius 3 is 3.00 bits per heavy atom. The van der Waals surface area contributed by atoms with E-state index in [9.17, 15) is 4.79 Å². The van der Waals surface area contributed by atoms with Gasteiger partial charge in [0, 0.05) is 20.2 Å². The Kier molecular flexibility index (Phi) is 4.01. The molecule has 0 aromatic heterocycles. The van der Waals surface area contributed by atoms with Crippen molar-refractivity contribution in [2.75, 3.05) is 26.8 Å². The zero-order valence-corrected chi connectivity index (χ0v) is 14.1. The Bertz CT molecular complexity index is 528. The van der Waals surface area contributed by atoms with Crippen molar-refractivity contribution in [2.24, 2.45) is 0 Å². The normalized spacial score (nSPS) is 35.2. The number of rotatable bonds is 1. The minimum Gasteiger partial charge on any atom is -0.461 e. The lowest BCUT2D eigenvalue weighted by Gasteiger charge is -2.50. The van der Waals surface area contributed by atoms with Crippen molar-refractivity contribution in [3.63, 3.8) is 0 Å². The van der Waals surface area contributed by atoms with E-state index < -0.39 is 0 Å². The molecule has 4 aliphatic rings. The average molecular weight is 356 g/mol. The van der Waals surface area contributed by atoms with E-state index >= 15 is 0 Å². The fourth-order valence-corrected chi connectivity index (χ4v) is 4.57. The molecule has 0 aromatic rings. The van der Waals surface area contributed by atoms with Crippen molar-refractivity contribution in [3.05, 3.63) is 22.8 Å². The number of methoxy groups -OCH3 is 1. The number of hydrogen-bond acceptors (Lipinski definition) is 4. The third kappa shape index (κ3) is 2.13. The van der Waals surface area contributed by atoms with E-state index in [4.69, 9.17) is 9.47 Å². The van der Waals surface area contributed by atoms with Gasteiger partial charge in [-0.2, -0.15) is 0 Å². The first-order valence-electron chi connectivity index (χ1n) is 7.58. The first kappa shape index (κ1) is 15.3. The first-order valence-corrected chi connectivity index (χ1v) is 7.58. The predicted molar refractivity (Wildman–Crippen MR) is 84.6 cm³/mol. The van der Waals surface area contributed by atoms with Crippen LogP contribution >= 0.6 is 17.0 Å². The van der Waals surface area contributed by atoms with Crippen LogP contribution in [0.25, 0.3) is 0 Å². The van der Waals surface area contributed by atoms with Gasteiger partial charge in [0.1, 0.15) is 6.61 Å². The van der Waals surface area contributed by atoms with Crippen molar-refractivity contribution in [1.82, 2.24) is 4.90 Å². The molecule has 0 bridgehead atoms. The van der Waals surface area contributed by atoms with Crippen molar-refractivity contribution in [2.45, 2.75) is 43.7 Å². The zero-order valence-electron chi connectivity index (χ0n) is 12.4. The van der Waals surface area contributed by atoms with Crippen molar-refractivity contribution < 1.29 is 14.3 Å². The molecule has 0 aromatic carbocycles. The van der Waals surface area contributed by atoms with Crippen LogP contribution < -0.4 is 0 Å². The van der Waals surface area contributed by atoms with Gasteiger partial charge in [0.05, 0.1) is 18.1 Å². The fourth-order valence-electron chi connectivity index (χ4n) is 4.57. The van der Waals surface area contributed by atoms with Gasteiger partial charge in [-0.3, -0.25) is 9.69 Å². The van der Waals surface area contributed by atoms with Gasteiger partial charge in [0.25, 0.3) is 0 Å². The number of nitrogens with zero attached hydrogens (tertiary/aromatic N) is 1. The summed E-state index contributed by atoms with van der Waals surface area (Å²) < 4.78 is 10.9. The summed E-state index contributed by atoms with van der Waals surface area (Å²) in [6.45, 7) is 2.72. The molecule has 1 aliphatic carbocycles. The van der Waals surface area contributed by atoms with Gasteiger partial charge in [-0.05, 0) is 42.4 Å². The number of carbonyl (C=O) groups is 1. The molecule has 0 amide bonds. The Hall–Kier alpha value is -0.650. The van der Waals surface area contributed by atoms with Crippen LogP contribution in [0, 0.1) is 0 Å². The summed E-state index contributed by atoms with van der Waals surface area (Å²) in [6.07, 6.45) is 7.31. The Labute approximate surface area is 135 Å². The molecular formula is C16H22BrNO3. The summed E-state index contributed by atoms with van der Waals surface area (Å²) >= 11 is 0. The maximum absolute atomic E-state index is 11.8. The lowest BCUT2D eigenvalue weighted by molar-refractivity contribution is -0.143. The van der Waals surface area contributed by atoms with E-state index in [-0.39, 0.29) is 34.6 Å². The van der Waals surface area contributed by atoms with Crippen LogP contribution in [0.4, 0.5) is 0 Å². The van der Waals surface area contributed by atoms with Crippen LogP contribution in [0.15, 0.2) is 22.8 Å². The summed E-state index contributed by atoms with van der Waals surface area (Å²) in [5.74, 6) is -0.0641. The minimum atomic E-state index is -0.0641. The third-order valence-electron chi connectivity index (χ3n) is 5.54. The van der Waals surface area contributed by atoms with Crippen molar-refractivity contribution in [1.29, 1.82) is 0 Å². The van der Waals surface area contributed by atoms with Gasteiger partial charge in [-0.25, -0.2) is 0 Å². The highest BCUT2D eigenvalue weighted by atomic mass is 79.9. The number of cyclic esters (lactones) is 1. The lowest BCUT2D eigenvalue weighted by atomic mass is 9.69. The monoisotopic (exact) mass is 355 g/mol. The second-order valence-electron chi connectivity index (χ2n) is 6.29. The maximum atomic E-state index is 11.8. The number of ether oxygens (including phenoxy) is 2. The van der Waals surface area contributed by atoms with Crippen LogP contribution in [-0.2, 0) is 14.3 Å². The molecule has 3 heterocycles. The van der Waals surface area contributed by atoms with Crippen LogP contribution in [-0.4, -0.2) is 49.3 Å². The van der Waals surface area contributed by atoms with Gasteiger partial charge in [0.15, 0.2) is 0 Å². The molecule has 0 N–H and O–H groups in total. The SMILES string of the molecule is Br.COC1CC=C2CCN3CCC4=C(CC(=O)OC4)[C@]23C1. The summed E-state index contributed by atoms with van der Waals surface area (Å²) in [6, 6.07) is 0. The molecule has 1 saturated heterocycles. The zero-order chi connectivity index (χ0) is 13.7. The first-order chi connectivity index (χ1) is 9.74. The molecule has 5 heteroatoms. The summed E-state index contributed by atoms with van der Waals surface area (Å²) in [5, 5.41) is 0. The largest absolute Gasteiger partial charge is 0.461 e.